The first-order valence-electron chi connectivity index (χ1n) is 12.7. The molecule has 3 aromatic carbocycles. The van der Waals surface area contributed by atoms with Gasteiger partial charge in [-0.25, -0.2) is 4.39 Å². The van der Waals surface area contributed by atoms with Crippen molar-refractivity contribution in [3.63, 3.8) is 0 Å². The molecule has 0 aliphatic carbocycles. The number of hydrazone groups is 1. The zero-order valence-corrected chi connectivity index (χ0v) is 24.6. The minimum atomic E-state index is -0.850. The molecule has 1 saturated heterocycles. The Morgan fingerprint density at radius 1 is 0.795 bits per heavy atom. The molecule has 1 heterocycles. The van der Waals surface area contributed by atoms with Crippen LogP contribution in [0.2, 0.25) is 0 Å². The van der Waals surface area contributed by atoms with Gasteiger partial charge in [-0.3, -0.25) is 25.8 Å². The van der Waals surface area contributed by atoms with Gasteiger partial charge in [0.25, 0.3) is 11.8 Å². The summed E-state index contributed by atoms with van der Waals surface area (Å²) in [5.74, 6) is -1.76. The number of rotatable bonds is 10. The van der Waals surface area contributed by atoms with Crippen LogP contribution in [0.1, 0.15) is 20.7 Å². The number of methoxy groups -OCH3 is 6. The van der Waals surface area contributed by atoms with Crippen LogP contribution >= 0.6 is 0 Å². The molecular weight excluding hydrogens is 579 g/mol. The highest BCUT2D eigenvalue weighted by Crippen LogP contribution is 2.39. The summed E-state index contributed by atoms with van der Waals surface area (Å²) in [4.78, 5) is 31.5. The van der Waals surface area contributed by atoms with Gasteiger partial charge in [0, 0.05) is 11.1 Å². The fourth-order valence-electron chi connectivity index (χ4n) is 4.16. The number of nitrogens with zero attached hydrogens (tertiary/aromatic N) is 3. The number of anilines is 1. The number of hydrazine groups is 1. The molecule has 4 rings (SSSR count). The average molecular weight is 609 g/mol. The number of carbonyl (C=O) groups excluding carboxylic acids is 2. The van der Waals surface area contributed by atoms with Crippen LogP contribution in [0.3, 0.4) is 0 Å². The minimum Gasteiger partial charge on any atom is -0.493 e. The van der Waals surface area contributed by atoms with E-state index < -0.39 is 23.5 Å². The van der Waals surface area contributed by atoms with Gasteiger partial charge < -0.3 is 28.4 Å². The van der Waals surface area contributed by atoms with E-state index in [1.807, 2.05) is 0 Å². The summed E-state index contributed by atoms with van der Waals surface area (Å²) in [5.41, 5.74) is 4.83. The van der Waals surface area contributed by atoms with E-state index in [2.05, 4.69) is 20.9 Å². The molecule has 0 saturated carbocycles. The molecule has 230 valence electrons. The van der Waals surface area contributed by atoms with Crippen LogP contribution in [0, 0.1) is 11.2 Å². The molecule has 2 amide bonds. The summed E-state index contributed by atoms with van der Waals surface area (Å²) in [5, 5.41) is 13.5. The zero-order valence-electron chi connectivity index (χ0n) is 24.6. The largest absolute Gasteiger partial charge is 0.493 e. The van der Waals surface area contributed by atoms with Gasteiger partial charge in [-0.05, 0) is 36.4 Å². The lowest BCUT2D eigenvalue weighted by Gasteiger charge is -2.18. The molecular formula is C29H29FN6O8. The maximum absolute atomic E-state index is 14.3. The SMILES string of the molecule is COc1cc(C(=O)N=C2/C(=N/Nc3ccccc3F)C(=N)NN2C(=O)c2cc(OC)c(OC)c(OC)c2)cc(OC)c1OC. The molecule has 3 aromatic rings. The summed E-state index contributed by atoms with van der Waals surface area (Å²) >= 11 is 0. The van der Waals surface area contributed by atoms with Crippen LogP contribution in [-0.4, -0.2) is 76.9 Å². The number of amides is 2. The summed E-state index contributed by atoms with van der Waals surface area (Å²) in [6.45, 7) is 0. The molecule has 1 aliphatic rings. The predicted molar refractivity (Wildman–Crippen MR) is 158 cm³/mol. The lowest BCUT2D eigenvalue weighted by molar-refractivity contribution is 0.0826. The van der Waals surface area contributed by atoms with Gasteiger partial charge in [0.15, 0.2) is 40.4 Å². The summed E-state index contributed by atoms with van der Waals surface area (Å²) in [6, 6.07) is 11.2. The molecule has 0 bridgehead atoms. The van der Waals surface area contributed by atoms with Gasteiger partial charge in [-0.2, -0.15) is 15.1 Å². The van der Waals surface area contributed by atoms with Crippen LogP contribution in [0.25, 0.3) is 0 Å². The van der Waals surface area contributed by atoms with E-state index in [1.54, 1.807) is 6.07 Å². The van der Waals surface area contributed by atoms with Crippen molar-refractivity contribution < 1.29 is 42.4 Å². The van der Waals surface area contributed by atoms with E-state index in [4.69, 9.17) is 33.8 Å². The highest BCUT2D eigenvalue weighted by Gasteiger charge is 2.37. The maximum atomic E-state index is 14.3. The Labute approximate surface area is 251 Å². The fourth-order valence-corrected chi connectivity index (χ4v) is 4.16. The third-order valence-electron chi connectivity index (χ3n) is 6.28. The van der Waals surface area contributed by atoms with E-state index in [0.717, 1.165) is 5.01 Å². The fraction of sp³-hybridized carbons (Fsp3) is 0.207. The van der Waals surface area contributed by atoms with Crippen LogP contribution in [-0.2, 0) is 0 Å². The molecule has 0 unspecified atom stereocenters. The number of para-hydroxylation sites is 1. The lowest BCUT2D eigenvalue weighted by Crippen LogP contribution is -2.41. The van der Waals surface area contributed by atoms with Gasteiger partial charge in [0.05, 0.1) is 48.3 Å². The highest BCUT2D eigenvalue weighted by atomic mass is 19.1. The highest BCUT2D eigenvalue weighted by molar-refractivity contribution is 6.71. The Hall–Kier alpha value is -5.86. The van der Waals surface area contributed by atoms with Crippen molar-refractivity contribution in [2.24, 2.45) is 10.1 Å². The normalized spacial score (nSPS) is 14.2. The van der Waals surface area contributed by atoms with Crippen molar-refractivity contribution in [2.75, 3.05) is 48.1 Å². The quantitative estimate of drug-likeness (QED) is 0.290. The third kappa shape index (κ3) is 6.01. The number of amidine groups is 2. The van der Waals surface area contributed by atoms with Gasteiger partial charge in [0.2, 0.25) is 11.5 Å². The Kier molecular flexibility index (Phi) is 9.47. The van der Waals surface area contributed by atoms with E-state index in [1.165, 1.54) is 85.1 Å². The second kappa shape index (κ2) is 13.4. The number of aliphatic imine (C=N–C) groups is 1. The minimum absolute atomic E-state index is 0.00651. The number of nitrogens with one attached hydrogen (secondary N) is 3. The van der Waals surface area contributed by atoms with Crippen molar-refractivity contribution >= 4 is 34.9 Å². The number of benzene rings is 3. The van der Waals surface area contributed by atoms with E-state index in [0.29, 0.717) is 0 Å². The van der Waals surface area contributed by atoms with Crippen LogP contribution in [0.15, 0.2) is 58.6 Å². The Morgan fingerprint density at radius 2 is 1.30 bits per heavy atom. The molecule has 1 aliphatic heterocycles. The number of hydrogen-bond donors (Lipinski definition) is 3. The first-order valence-corrected chi connectivity index (χ1v) is 12.7. The second-order valence-electron chi connectivity index (χ2n) is 8.75. The van der Waals surface area contributed by atoms with Gasteiger partial charge in [0.1, 0.15) is 5.82 Å². The Balaban J connectivity index is 1.84. The monoisotopic (exact) mass is 608 g/mol. The molecule has 15 heteroatoms. The predicted octanol–water partition coefficient (Wildman–Crippen LogP) is 3.52. The molecule has 0 atom stereocenters. The smallest absolute Gasteiger partial charge is 0.279 e. The number of carbonyl (C=O) groups is 2. The summed E-state index contributed by atoms with van der Waals surface area (Å²) in [6.07, 6.45) is 0. The maximum Gasteiger partial charge on any atom is 0.279 e. The summed E-state index contributed by atoms with van der Waals surface area (Å²) < 4.78 is 46.3. The van der Waals surface area contributed by atoms with Crippen molar-refractivity contribution in [3.05, 3.63) is 65.5 Å². The van der Waals surface area contributed by atoms with Gasteiger partial charge >= 0.3 is 0 Å². The molecule has 0 spiro atoms. The molecule has 44 heavy (non-hydrogen) atoms. The van der Waals surface area contributed by atoms with Gasteiger partial charge in [-0.1, -0.05) is 12.1 Å². The molecule has 14 nitrogen and oxygen atoms in total. The molecule has 0 aromatic heterocycles. The number of halogens is 1. The van der Waals surface area contributed by atoms with Crippen molar-refractivity contribution in [2.45, 2.75) is 0 Å². The van der Waals surface area contributed by atoms with Crippen LogP contribution < -0.4 is 39.3 Å². The topological polar surface area (TPSA) is 165 Å². The summed E-state index contributed by atoms with van der Waals surface area (Å²) in [7, 11) is 8.37. The van der Waals surface area contributed by atoms with E-state index in [-0.39, 0.29) is 62.9 Å². The first-order chi connectivity index (χ1) is 21.2. The first kappa shape index (κ1) is 31.1. The number of hydrogen-bond acceptors (Lipinski definition) is 11. The second-order valence-corrected chi connectivity index (χ2v) is 8.75. The molecule has 1 fully saturated rings. The van der Waals surface area contributed by atoms with E-state index >= 15 is 0 Å². The number of ether oxygens (including phenoxy) is 6. The van der Waals surface area contributed by atoms with E-state index in [9.17, 15) is 14.0 Å². The van der Waals surface area contributed by atoms with Gasteiger partial charge in [-0.15, -0.1) is 0 Å². The van der Waals surface area contributed by atoms with Crippen molar-refractivity contribution in [3.8, 4) is 34.5 Å². The van der Waals surface area contributed by atoms with Crippen LogP contribution in [0.4, 0.5) is 10.1 Å². The Bertz CT molecular complexity index is 1630. The third-order valence-corrected chi connectivity index (χ3v) is 6.28. The molecule has 0 radical (unpaired) electrons. The molecule has 3 N–H and O–H groups in total. The lowest BCUT2D eigenvalue weighted by atomic mass is 10.1. The Morgan fingerprint density at radius 3 is 1.77 bits per heavy atom. The standard InChI is InChI=1S/C29H29FN6O8/c1-39-19-11-15(12-20(40-2)24(19)43-5)28(37)32-27-23(34-33-18-10-8-7-9-17(18)30)26(31)35-36(27)29(38)16-13-21(41-3)25(44-6)22(14-16)42-4/h7-14,33H,1-6H3,(H2,31,35)/b32-27?,34-23+. The van der Waals surface area contributed by atoms with Crippen molar-refractivity contribution in [1.29, 1.82) is 5.41 Å². The van der Waals surface area contributed by atoms with Crippen molar-refractivity contribution in [1.82, 2.24) is 10.4 Å². The zero-order chi connectivity index (χ0) is 32.0. The van der Waals surface area contributed by atoms with Crippen LogP contribution in [0.5, 0.6) is 34.5 Å². The average Bonchev–Trinajstić information content (AvgIpc) is 3.36.